The maximum Gasteiger partial charge on any atom is 0.252 e. The summed E-state index contributed by atoms with van der Waals surface area (Å²) in [5.74, 6) is 0. The molecule has 0 saturated carbocycles. The van der Waals surface area contributed by atoms with Gasteiger partial charge in [0.25, 0.3) is 6.71 Å². The summed E-state index contributed by atoms with van der Waals surface area (Å²) >= 11 is 0. The van der Waals surface area contributed by atoms with Crippen molar-refractivity contribution in [3.8, 4) is 0 Å². The topological polar surface area (TPSA) is 6.48 Å². The molecule has 2 aliphatic heterocycles. The standard InChI is InChI=1S/C38H37BN2/c1-24-16-18-29(20-26(24)3)40-33-14-10-8-12-31(33)39-32-13-9-11-15-34(32)41(30-19-17-25(2)27(4)21-30)36-23-28(38(5,6)7)22-35(40)37(36)39/h8-23H,1-7H3. The van der Waals surface area contributed by atoms with Gasteiger partial charge in [-0.1, -0.05) is 69.3 Å². The fourth-order valence-corrected chi connectivity index (χ4v) is 6.62. The SMILES string of the molecule is Cc1ccc(N2c3ccccc3B3c4ccccc4N(c4ccc(C)c(C)c4)c4cc(C(C)(C)C)cc2c43)cc1C. The molecule has 0 atom stereocenters. The van der Waals surface area contributed by atoms with Crippen LogP contribution in [0.3, 0.4) is 0 Å². The Morgan fingerprint density at radius 2 is 0.927 bits per heavy atom. The minimum absolute atomic E-state index is 0.0152. The van der Waals surface area contributed by atoms with Crippen LogP contribution in [0.1, 0.15) is 48.6 Å². The molecule has 0 amide bonds. The first-order valence-corrected chi connectivity index (χ1v) is 14.7. The fourth-order valence-electron chi connectivity index (χ4n) is 6.62. The number of para-hydroxylation sites is 2. The van der Waals surface area contributed by atoms with E-state index in [1.54, 1.807) is 0 Å². The molecule has 0 spiro atoms. The summed E-state index contributed by atoms with van der Waals surface area (Å²) in [7, 11) is 0. The van der Waals surface area contributed by atoms with Crippen molar-refractivity contribution in [2.24, 2.45) is 0 Å². The lowest BCUT2D eigenvalue weighted by Gasteiger charge is -2.45. The number of aryl methyl sites for hydroxylation is 4. The van der Waals surface area contributed by atoms with Crippen LogP contribution in [0, 0.1) is 27.7 Å². The van der Waals surface area contributed by atoms with Gasteiger partial charge in [-0.3, -0.25) is 0 Å². The molecular weight excluding hydrogens is 495 g/mol. The molecule has 0 N–H and O–H groups in total. The summed E-state index contributed by atoms with van der Waals surface area (Å²) in [6.07, 6.45) is 0. The minimum Gasteiger partial charge on any atom is -0.311 e. The molecule has 0 aliphatic carbocycles. The summed E-state index contributed by atoms with van der Waals surface area (Å²) in [5, 5.41) is 0. The van der Waals surface area contributed by atoms with Crippen LogP contribution in [0.4, 0.5) is 34.1 Å². The quantitative estimate of drug-likeness (QED) is 0.207. The summed E-state index contributed by atoms with van der Waals surface area (Å²) in [6, 6.07) is 36.7. The van der Waals surface area contributed by atoms with E-state index in [-0.39, 0.29) is 12.1 Å². The lowest BCUT2D eigenvalue weighted by atomic mass is 9.33. The van der Waals surface area contributed by atoms with Crippen LogP contribution >= 0.6 is 0 Å². The Labute approximate surface area is 245 Å². The van der Waals surface area contributed by atoms with Crippen molar-refractivity contribution in [1.29, 1.82) is 0 Å². The first-order valence-electron chi connectivity index (χ1n) is 14.7. The van der Waals surface area contributed by atoms with E-state index >= 15 is 0 Å². The zero-order valence-electron chi connectivity index (χ0n) is 25.2. The van der Waals surface area contributed by atoms with Crippen LogP contribution in [0.5, 0.6) is 0 Å². The zero-order valence-corrected chi connectivity index (χ0v) is 25.2. The first kappa shape index (κ1) is 25.7. The predicted molar refractivity (Wildman–Crippen MR) is 178 cm³/mol. The number of anilines is 6. The summed E-state index contributed by atoms with van der Waals surface area (Å²) in [4.78, 5) is 5.03. The molecule has 0 bridgehead atoms. The van der Waals surface area contributed by atoms with E-state index in [4.69, 9.17) is 0 Å². The maximum absolute atomic E-state index is 2.51. The van der Waals surface area contributed by atoms with E-state index in [1.165, 1.54) is 78.3 Å². The van der Waals surface area contributed by atoms with Gasteiger partial charge in [0.05, 0.1) is 0 Å². The van der Waals surface area contributed by atoms with E-state index in [0.717, 1.165) is 0 Å². The monoisotopic (exact) mass is 532 g/mol. The van der Waals surface area contributed by atoms with Gasteiger partial charge in [-0.05, 0) is 126 Å². The second-order valence-electron chi connectivity index (χ2n) is 12.9. The molecule has 2 heterocycles. The smallest absolute Gasteiger partial charge is 0.252 e. The zero-order chi connectivity index (χ0) is 28.6. The third kappa shape index (κ3) is 3.94. The lowest BCUT2D eigenvalue weighted by molar-refractivity contribution is 0.590. The highest BCUT2D eigenvalue weighted by Gasteiger charge is 2.43. The predicted octanol–water partition coefficient (Wildman–Crippen LogP) is 8.30. The van der Waals surface area contributed by atoms with Crippen LogP contribution in [0.2, 0.25) is 0 Å². The Hall–Kier alpha value is -4.24. The van der Waals surface area contributed by atoms with Gasteiger partial charge in [0.15, 0.2) is 0 Å². The minimum atomic E-state index is -0.0152. The summed E-state index contributed by atoms with van der Waals surface area (Å²) in [5.41, 5.74) is 18.2. The number of benzene rings is 5. The van der Waals surface area contributed by atoms with E-state index in [9.17, 15) is 0 Å². The molecular formula is C38H37BN2. The Kier molecular flexibility index (Phi) is 5.73. The second kappa shape index (κ2) is 9.14. The van der Waals surface area contributed by atoms with Crippen molar-refractivity contribution < 1.29 is 0 Å². The van der Waals surface area contributed by atoms with E-state index in [1.807, 2.05) is 0 Å². The molecule has 0 radical (unpaired) electrons. The average molecular weight is 533 g/mol. The first-order chi connectivity index (χ1) is 19.6. The highest BCUT2D eigenvalue weighted by atomic mass is 15.2. The normalized spacial score (nSPS) is 13.6. The van der Waals surface area contributed by atoms with Crippen molar-refractivity contribution >= 4 is 57.2 Å². The molecule has 0 unspecified atom stereocenters. The average Bonchev–Trinajstić information content (AvgIpc) is 2.95. The molecule has 202 valence electrons. The molecule has 7 rings (SSSR count). The Morgan fingerprint density at radius 1 is 0.488 bits per heavy atom. The van der Waals surface area contributed by atoms with E-state index < -0.39 is 0 Å². The number of hydrogen-bond donors (Lipinski definition) is 0. The molecule has 0 aromatic heterocycles. The summed E-state index contributed by atoms with van der Waals surface area (Å²) in [6.45, 7) is 16.0. The van der Waals surface area contributed by atoms with Gasteiger partial charge in [-0.2, -0.15) is 0 Å². The highest BCUT2D eigenvalue weighted by molar-refractivity contribution is 7.00. The van der Waals surface area contributed by atoms with E-state index in [0.29, 0.717) is 0 Å². The van der Waals surface area contributed by atoms with Crippen molar-refractivity contribution in [2.45, 2.75) is 53.9 Å². The third-order valence-corrected chi connectivity index (χ3v) is 9.25. The Morgan fingerprint density at radius 3 is 1.34 bits per heavy atom. The number of hydrogen-bond acceptors (Lipinski definition) is 2. The van der Waals surface area contributed by atoms with E-state index in [2.05, 4.69) is 155 Å². The molecule has 0 saturated heterocycles. The van der Waals surface area contributed by atoms with Crippen molar-refractivity contribution in [1.82, 2.24) is 0 Å². The molecule has 41 heavy (non-hydrogen) atoms. The van der Waals surface area contributed by atoms with Gasteiger partial charge in [0.1, 0.15) is 0 Å². The van der Waals surface area contributed by atoms with Crippen molar-refractivity contribution in [3.63, 3.8) is 0 Å². The number of nitrogens with zero attached hydrogens (tertiary/aromatic N) is 2. The van der Waals surface area contributed by atoms with Crippen LogP contribution in [0.15, 0.2) is 97.1 Å². The van der Waals surface area contributed by atoms with Gasteiger partial charge in [-0.25, -0.2) is 0 Å². The molecule has 5 aromatic rings. The largest absolute Gasteiger partial charge is 0.311 e. The van der Waals surface area contributed by atoms with Gasteiger partial charge in [0.2, 0.25) is 0 Å². The second-order valence-corrected chi connectivity index (χ2v) is 12.9. The number of fused-ring (bicyclic) bond motifs is 4. The van der Waals surface area contributed by atoms with Crippen molar-refractivity contribution in [3.05, 3.63) is 125 Å². The van der Waals surface area contributed by atoms with Crippen LogP contribution in [-0.4, -0.2) is 6.71 Å². The van der Waals surface area contributed by atoms with Gasteiger partial charge < -0.3 is 9.80 Å². The Bertz CT molecular complexity index is 1720. The van der Waals surface area contributed by atoms with Gasteiger partial charge in [-0.15, -0.1) is 0 Å². The van der Waals surface area contributed by atoms with Crippen molar-refractivity contribution in [2.75, 3.05) is 9.80 Å². The van der Waals surface area contributed by atoms with Crippen LogP contribution < -0.4 is 26.2 Å². The summed E-state index contributed by atoms with van der Waals surface area (Å²) < 4.78 is 0. The Balaban J connectivity index is 1.61. The number of rotatable bonds is 2. The molecule has 5 aromatic carbocycles. The third-order valence-electron chi connectivity index (χ3n) is 9.25. The maximum atomic E-state index is 2.51. The lowest BCUT2D eigenvalue weighted by Crippen LogP contribution is -2.61. The fraction of sp³-hybridized carbons (Fsp3) is 0.211. The molecule has 0 fully saturated rings. The molecule has 2 aliphatic rings. The van der Waals surface area contributed by atoms with Crippen LogP contribution in [-0.2, 0) is 5.41 Å². The van der Waals surface area contributed by atoms with Gasteiger partial charge in [0, 0.05) is 34.1 Å². The highest BCUT2D eigenvalue weighted by Crippen LogP contribution is 2.46. The van der Waals surface area contributed by atoms with Gasteiger partial charge >= 0.3 is 0 Å². The molecule has 3 heteroatoms. The van der Waals surface area contributed by atoms with Crippen LogP contribution in [0.25, 0.3) is 0 Å². The molecule has 2 nitrogen and oxygen atoms in total.